The molecule has 0 radical (unpaired) electrons. The summed E-state index contributed by atoms with van der Waals surface area (Å²) in [6.07, 6.45) is -4.36. The van der Waals surface area contributed by atoms with E-state index in [1.54, 1.807) is 10.6 Å². The van der Waals surface area contributed by atoms with Crippen molar-refractivity contribution in [2.24, 2.45) is 0 Å². The van der Waals surface area contributed by atoms with Crippen LogP contribution in [0.2, 0.25) is 0 Å². The van der Waals surface area contributed by atoms with Gasteiger partial charge in [0, 0.05) is 11.8 Å². The first-order valence-corrected chi connectivity index (χ1v) is 7.27. The molecule has 21 heavy (non-hydrogen) atoms. The zero-order chi connectivity index (χ0) is 15.6. The zero-order valence-electron chi connectivity index (χ0n) is 11.6. The zero-order valence-corrected chi connectivity index (χ0v) is 12.4. The molecule has 0 saturated carbocycles. The molecule has 0 bridgehead atoms. The SMILES string of the molecule is CC(C)n1c(N)nnc1SCc1ccccc1C(F)(F)F. The van der Waals surface area contributed by atoms with Crippen LogP contribution in [0.1, 0.15) is 31.0 Å². The molecule has 114 valence electrons. The quantitative estimate of drug-likeness (QED) is 0.873. The van der Waals surface area contributed by atoms with Gasteiger partial charge in [-0.15, -0.1) is 10.2 Å². The first-order valence-electron chi connectivity index (χ1n) is 6.29. The number of nitrogen functional groups attached to an aromatic ring is 1. The largest absolute Gasteiger partial charge is 0.416 e. The van der Waals surface area contributed by atoms with E-state index in [-0.39, 0.29) is 23.3 Å². The predicted octanol–water partition coefficient (Wildman–Crippen LogP) is 3.75. The van der Waals surface area contributed by atoms with Gasteiger partial charge >= 0.3 is 6.18 Å². The Hall–Kier alpha value is -1.70. The minimum Gasteiger partial charge on any atom is -0.368 e. The average Bonchev–Trinajstić information content (AvgIpc) is 2.77. The molecule has 2 rings (SSSR count). The summed E-state index contributed by atoms with van der Waals surface area (Å²) in [5.41, 5.74) is 5.30. The van der Waals surface area contributed by atoms with E-state index in [1.165, 1.54) is 23.9 Å². The fraction of sp³-hybridized carbons (Fsp3) is 0.385. The highest BCUT2D eigenvalue weighted by Gasteiger charge is 2.32. The lowest BCUT2D eigenvalue weighted by Gasteiger charge is -2.14. The van der Waals surface area contributed by atoms with Crippen LogP contribution < -0.4 is 5.73 Å². The van der Waals surface area contributed by atoms with Gasteiger partial charge in [0.1, 0.15) is 0 Å². The number of anilines is 1. The standard InChI is InChI=1S/C13H15F3N4S/c1-8(2)20-11(17)18-19-12(20)21-7-9-5-3-4-6-10(9)13(14,15)16/h3-6,8H,7H2,1-2H3,(H2,17,18). The molecule has 0 unspecified atom stereocenters. The maximum atomic E-state index is 12.9. The van der Waals surface area contributed by atoms with Crippen LogP contribution in [-0.4, -0.2) is 14.8 Å². The molecule has 1 aromatic heterocycles. The van der Waals surface area contributed by atoms with Crippen LogP contribution in [0.3, 0.4) is 0 Å². The van der Waals surface area contributed by atoms with Crippen molar-refractivity contribution in [3.8, 4) is 0 Å². The van der Waals surface area contributed by atoms with E-state index in [4.69, 9.17) is 5.73 Å². The lowest BCUT2D eigenvalue weighted by molar-refractivity contribution is -0.138. The summed E-state index contributed by atoms with van der Waals surface area (Å²) in [5, 5.41) is 8.20. The summed E-state index contributed by atoms with van der Waals surface area (Å²) in [6, 6.07) is 5.56. The molecule has 0 fully saturated rings. The summed E-state index contributed by atoms with van der Waals surface area (Å²) >= 11 is 1.19. The molecule has 1 aromatic carbocycles. The van der Waals surface area contributed by atoms with Gasteiger partial charge in [-0.1, -0.05) is 30.0 Å². The highest BCUT2D eigenvalue weighted by molar-refractivity contribution is 7.98. The van der Waals surface area contributed by atoms with Crippen LogP contribution in [0.5, 0.6) is 0 Å². The van der Waals surface area contributed by atoms with E-state index in [9.17, 15) is 13.2 Å². The van der Waals surface area contributed by atoms with E-state index in [0.717, 1.165) is 6.07 Å². The summed E-state index contributed by atoms with van der Waals surface area (Å²) < 4.78 is 40.5. The van der Waals surface area contributed by atoms with Gasteiger partial charge in [-0.25, -0.2) is 0 Å². The number of aromatic nitrogens is 3. The Balaban J connectivity index is 2.22. The summed E-state index contributed by atoms with van der Waals surface area (Å²) in [4.78, 5) is 0. The number of alkyl halides is 3. The van der Waals surface area contributed by atoms with Gasteiger partial charge in [0.05, 0.1) is 5.56 Å². The van der Waals surface area contributed by atoms with Crippen molar-refractivity contribution in [2.45, 2.75) is 37.0 Å². The van der Waals surface area contributed by atoms with Gasteiger partial charge in [-0.2, -0.15) is 13.2 Å². The van der Waals surface area contributed by atoms with E-state index in [1.807, 2.05) is 13.8 Å². The van der Waals surface area contributed by atoms with Crippen molar-refractivity contribution in [1.29, 1.82) is 0 Å². The lowest BCUT2D eigenvalue weighted by Crippen LogP contribution is -2.09. The Kier molecular flexibility index (Phi) is 4.46. The van der Waals surface area contributed by atoms with E-state index >= 15 is 0 Å². The molecule has 0 aliphatic carbocycles. The Morgan fingerprint density at radius 2 is 1.90 bits per heavy atom. The molecule has 0 aliphatic rings. The van der Waals surface area contributed by atoms with Gasteiger partial charge in [-0.3, -0.25) is 4.57 Å². The number of nitrogens with zero attached hydrogens (tertiary/aromatic N) is 3. The van der Waals surface area contributed by atoms with Crippen LogP contribution >= 0.6 is 11.8 Å². The molecule has 1 heterocycles. The van der Waals surface area contributed by atoms with Crippen LogP contribution in [-0.2, 0) is 11.9 Å². The number of benzene rings is 1. The van der Waals surface area contributed by atoms with Crippen LogP contribution in [0, 0.1) is 0 Å². The first-order chi connectivity index (χ1) is 9.80. The second kappa shape index (κ2) is 5.97. The predicted molar refractivity (Wildman–Crippen MR) is 75.8 cm³/mol. The fourth-order valence-electron chi connectivity index (χ4n) is 1.94. The topological polar surface area (TPSA) is 56.7 Å². The molecule has 4 nitrogen and oxygen atoms in total. The Morgan fingerprint density at radius 1 is 1.24 bits per heavy atom. The van der Waals surface area contributed by atoms with E-state index in [0.29, 0.717) is 5.16 Å². The monoisotopic (exact) mass is 316 g/mol. The van der Waals surface area contributed by atoms with Crippen LogP contribution in [0.25, 0.3) is 0 Å². The minimum atomic E-state index is -4.36. The van der Waals surface area contributed by atoms with Crippen LogP contribution in [0.4, 0.5) is 19.1 Å². The van der Waals surface area contributed by atoms with Crippen molar-refractivity contribution in [1.82, 2.24) is 14.8 Å². The minimum absolute atomic E-state index is 0.0420. The second-order valence-corrected chi connectivity index (χ2v) is 5.69. The molecule has 2 aromatic rings. The number of hydrogen-bond donors (Lipinski definition) is 1. The lowest BCUT2D eigenvalue weighted by atomic mass is 10.1. The third kappa shape index (κ3) is 3.49. The second-order valence-electron chi connectivity index (χ2n) is 4.75. The highest BCUT2D eigenvalue weighted by atomic mass is 32.2. The smallest absolute Gasteiger partial charge is 0.368 e. The summed E-state index contributed by atoms with van der Waals surface area (Å²) in [7, 11) is 0. The van der Waals surface area contributed by atoms with Gasteiger partial charge in [0.2, 0.25) is 5.95 Å². The van der Waals surface area contributed by atoms with Crippen molar-refractivity contribution >= 4 is 17.7 Å². The number of hydrogen-bond acceptors (Lipinski definition) is 4. The number of nitrogens with two attached hydrogens (primary N) is 1. The summed E-state index contributed by atoms with van der Waals surface area (Å²) in [5.74, 6) is 0.414. The highest BCUT2D eigenvalue weighted by Crippen LogP contribution is 2.35. The fourth-order valence-corrected chi connectivity index (χ4v) is 3.02. The molecule has 0 spiro atoms. The molecular formula is C13H15F3N4S. The first kappa shape index (κ1) is 15.7. The number of rotatable bonds is 4. The Bertz CT molecular complexity index is 622. The molecule has 0 amide bonds. The molecule has 0 atom stereocenters. The van der Waals surface area contributed by atoms with E-state index < -0.39 is 11.7 Å². The Morgan fingerprint density at radius 3 is 2.52 bits per heavy atom. The molecule has 8 heteroatoms. The molecular weight excluding hydrogens is 301 g/mol. The average molecular weight is 316 g/mol. The molecule has 0 saturated heterocycles. The maximum Gasteiger partial charge on any atom is 0.416 e. The van der Waals surface area contributed by atoms with Crippen molar-refractivity contribution in [2.75, 3.05) is 5.73 Å². The third-order valence-corrected chi connectivity index (χ3v) is 3.88. The number of halogens is 3. The van der Waals surface area contributed by atoms with E-state index in [2.05, 4.69) is 10.2 Å². The molecule has 0 aliphatic heterocycles. The Labute approximate surface area is 124 Å². The van der Waals surface area contributed by atoms with Crippen molar-refractivity contribution < 1.29 is 13.2 Å². The maximum absolute atomic E-state index is 12.9. The van der Waals surface area contributed by atoms with Gasteiger partial charge < -0.3 is 5.73 Å². The van der Waals surface area contributed by atoms with Gasteiger partial charge in [-0.05, 0) is 25.5 Å². The van der Waals surface area contributed by atoms with Gasteiger partial charge in [0.15, 0.2) is 5.16 Å². The van der Waals surface area contributed by atoms with Crippen LogP contribution in [0.15, 0.2) is 29.4 Å². The molecule has 2 N–H and O–H groups in total. The normalized spacial score (nSPS) is 12.1. The van der Waals surface area contributed by atoms with Crippen molar-refractivity contribution in [3.05, 3.63) is 35.4 Å². The number of thioether (sulfide) groups is 1. The van der Waals surface area contributed by atoms with Crippen molar-refractivity contribution in [3.63, 3.8) is 0 Å². The third-order valence-electron chi connectivity index (χ3n) is 2.89. The van der Waals surface area contributed by atoms with Gasteiger partial charge in [0.25, 0.3) is 0 Å². The summed E-state index contributed by atoms with van der Waals surface area (Å²) in [6.45, 7) is 3.82.